The van der Waals surface area contributed by atoms with Crippen LogP contribution >= 0.6 is 0 Å². The molecule has 3 N–H and O–H groups in total. The predicted molar refractivity (Wildman–Crippen MR) is 71.6 cm³/mol. The summed E-state index contributed by atoms with van der Waals surface area (Å²) in [6.07, 6.45) is 2.92. The molecule has 8 nitrogen and oxygen atoms in total. The summed E-state index contributed by atoms with van der Waals surface area (Å²) in [7, 11) is 0. The van der Waals surface area contributed by atoms with Crippen molar-refractivity contribution in [3.8, 4) is 5.95 Å². The van der Waals surface area contributed by atoms with Gasteiger partial charge in [-0.1, -0.05) is 20.8 Å². The zero-order chi connectivity index (χ0) is 13.8. The zero-order valence-electron chi connectivity index (χ0n) is 11.3. The summed E-state index contributed by atoms with van der Waals surface area (Å²) >= 11 is 0. The van der Waals surface area contributed by atoms with Gasteiger partial charge in [0.2, 0.25) is 11.9 Å². The summed E-state index contributed by atoms with van der Waals surface area (Å²) in [6, 6.07) is 0. The molecular weight excluding hydrogens is 244 g/mol. The van der Waals surface area contributed by atoms with E-state index in [1.807, 2.05) is 0 Å². The van der Waals surface area contributed by atoms with Crippen LogP contribution in [0.1, 0.15) is 20.8 Å². The Morgan fingerprint density at radius 2 is 2.05 bits per heavy atom. The molecular formula is C11H18N8. The van der Waals surface area contributed by atoms with Crippen molar-refractivity contribution >= 4 is 11.9 Å². The molecule has 102 valence electrons. The number of hydrogen-bond acceptors (Lipinski definition) is 7. The third-order valence-electron chi connectivity index (χ3n) is 2.98. The Bertz CT molecular complexity index is 521. The van der Waals surface area contributed by atoms with Gasteiger partial charge in [-0.25, -0.2) is 4.98 Å². The van der Waals surface area contributed by atoms with Gasteiger partial charge in [-0.3, -0.25) is 0 Å². The van der Waals surface area contributed by atoms with Gasteiger partial charge in [0.05, 0.1) is 0 Å². The van der Waals surface area contributed by atoms with Crippen LogP contribution < -0.4 is 11.1 Å². The van der Waals surface area contributed by atoms with Crippen LogP contribution in [0.3, 0.4) is 0 Å². The molecule has 1 unspecified atom stereocenters. The van der Waals surface area contributed by atoms with Crippen LogP contribution in [0.4, 0.5) is 11.9 Å². The Balaban J connectivity index is 2.13. The van der Waals surface area contributed by atoms with Crippen molar-refractivity contribution in [2.24, 2.45) is 11.8 Å². The van der Waals surface area contributed by atoms with Gasteiger partial charge in [-0.2, -0.15) is 24.7 Å². The quantitative estimate of drug-likeness (QED) is 0.818. The van der Waals surface area contributed by atoms with E-state index in [1.165, 1.54) is 17.3 Å². The molecule has 0 aromatic carbocycles. The molecule has 2 heterocycles. The van der Waals surface area contributed by atoms with Gasteiger partial charge in [0.15, 0.2) is 0 Å². The van der Waals surface area contributed by atoms with Crippen molar-refractivity contribution < 1.29 is 0 Å². The Labute approximate surface area is 111 Å². The largest absolute Gasteiger partial charge is 0.368 e. The van der Waals surface area contributed by atoms with E-state index in [4.69, 9.17) is 5.73 Å². The third-order valence-corrected chi connectivity index (χ3v) is 2.98. The first-order valence-corrected chi connectivity index (χ1v) is 6.16. The van der Waals surface area contributed by atoms with Crippen molar-refractivity contribution in [3.05, 3.63) is 12.7 Å². The lowest BCUT2D eigenvalue weighted by Crippen LogP contribution is -2.19. The molecule has 0 aliphatic rings. The molecule has 0 aliphatic carbocycles. The second-order valence-corrected chi connectivity index (χ2v) is 4.76. The average Bonchev–Trinajstić information content (AvgIpc) is 2.89. The highest BCUT2D eigenvalue weighted by molar-refractivity contribution is 5.34. The molecule has 2 aromatic rings. The van der Waals surface area contributed by atoms with Crippen molar-refractivity contribution in [1.82, 2.24) is 29.7 Å². The Morgan fingerprint density at radius 3 is 2.68 bits per heavy atom. The van der Waals surface area contributed by atoms with Crippen LogP contribution in [-0.4, -0.2) is 36.3 Å². The summed E-state index contributed by atoms with van der Waals surface area (Å²) in [5.74, 6) is 2.05. The third kappa shape index (κ3) is 3.36. The van der Waals surface area contributed by atoms with Gasteiger partial charge in [0.25, 0.3) is 5.95 Å². The molecule has 2 rings (SSSR count). The van der Waals surface area contributed by atoms with E-state index in [0.717, 1.165) is 6.54 Å². The number of hydrogen-bond donors (Lipinski definition) is 2. The minimum absolute atomic E-state index is 0.153. The summed E-state index contributed by atoms with van der Waals surface area (Å²) in [5, 5.41) is 7.13. The molecule has 0 radical (unpaired) electrons. The molecule has 8 heteroatoms. The van der Waals surface area contributed by atoms with Gasteiger partial charge >= 0.3 is 0 Å². The molecule has 1 atom stereocenters. The first-order valence-electron chi connectivity index (χ1n) is 6.16. The van der Waals surface area contributed by atoms with Crippen molar-refractivity contribution in [1.29, 1.82) is 0 Å². The fourth-order valence-corrected chi connectivity index (χ4v) is 1.36. The summed E-state index contributed by atoms with van der Waals surface area (Å²) in [6.45, 7) is 7.29. The molecule has 0 aliphatic heterocycles. The van der Waals surface area contributed by atoms with E-state index in [2.05, 4.69) is 51.1 Å². The number of nitrogens with one attached hydrogen (secondary N) is 1. The zero-order valence-corrected chi connectivity index (χ0v) is 11.3. The number of rotatable bonds is 5. The number of nitrogen functional groups attached to an aromatic ring is 1. The highest BCUT2D eigenvalue weighted by Gasteiger charge is 2.10. The van der Waals surface area contributed by atoms with Gasteiger partial charge < -0.3 is 11.1 Å². The highest BCUT2D eigenvalue weighted by Crippen LogP contribution is 2.11. The summed E-state index contributed by atoms with van der Waals surface area (Å²) in [4.78, 5) is 16.2. The lowest BCUT2D eigenvalue weighted by molar-refractivity contribution is 0.439. The Kier molecular flexibility index (Phi) is 3.88. The van der Waals surface area contributed by atoms with Gasteiger partial charge in [0.1, 0.15) is 12.7 Å². The molecule has 0 fully saturated rings. The first kappa shape index (κ1) is 13.2. The fourth-order valence-electron chi connectivity index (χ4n) is 1.36. The second-order valence-electron chi connectivity index (χ2n) is 4.76. The van der Waals surface area contributed by atoms with Gasteiger partial charge in [-0.05, 0) is 11.8 Å². The Morgan fingerprint density at radius 1 is 1.26 bits per heavy atom. The second kappa shape index (κ2) is 5.59. The molecule has 2 aromatic heterocycles. The van der Waals surface area contributed by atoms with E-state index >= 15 is 0 Å². The molecule has 0 bridgehead atoms. The van der Waals surface area contributed by atoms with E-state index in [9.17, 15) is 0 Å². The molecule has 19 heavy (non-hydrogen) atoms. The normalized spacial score (nSPS) is 12.6. The van der Waals surface area contributed by atoms with E-state index < -0.39 is 0 Å². The lowest BCUT2D eigenvalue weighted by atomic mass is 9.98. The van der Waals surface area contributed by atoms with Crippen LogP contribution in [0.5, 0.6) is 0 Å². The minimum atomic E-state index is 0.153. The van der Waals surface area contributed by atoms with Gasteiger partial charge in [0, 0.05) is 6.54 Å². The molecule has 0 amide bonds. The number of nitrogens with two attached hydrogens (primary N) is 1. The first-order chi connectivity index (χ1) is 9.06. The maximum absolute atomic E-state index is 5.67. The summed E-state index contributed by atoms with van der Waals surface area (Å²) in [5.41, 5.74) is 5.67. The molecule has 0 spiro atoms. The van der Waals surface area contributed by atoms with Crippen LogP contribution in [-0.2, 0) is 0 Å². The van der Waals surface area contributed by atoms with Crippen LogP contribution in [0.25, 0.3) is 5.95 Å². The van der Waals surface area contributed by atoms with E-state index in [1.54, 1.807) is 0 Å². The number of anilines is 2. The lowest BCUT2D eigenvalue weighted by Gasteiger charge is -2.16. The molecule has 0 saturated heterocycles. The van der Waals surface area contributed by atoms with Crippen LogP contribution in [0.15, 0.2) is 12.7 Å². The van der Waals surface area contributed by atoms with E-state index in [0.29, 0.717) is 23.7 Å². The fraction of sp³-hybridized carbons (Fsp3) is 0.545. The smallest absolute Gasteiger partial charge is 0.258 e. The maximum Gasteiger partial charge on any atom is 0.258 e. The van der Waals surface area contributed by atoms with Crippen LogP contribution in [0, 0.1) is 11.8 Å². The number of aromatic nitrogens is 6. The minimum Gasteiger partial charge on any atom is -0.368 e. The van der Waals surface area contributed by atoms with Gasteiger partial charge in [-0.15, -0.1) is 0 Å². The SMILES string of the molecule is CC(C)C(C)CNc1nc(N)nc(-n2cncn2)n1. The standard InChI is InChI=1S/C11H18N8/c1-7(2)8(3)4-14-10-16-9(12)17-11(18-10)19-6-13-5-15-19/h5-8H,4H2,1-3H3,(H3,12,14,16,17,18). The summed E-state index contributed by atoms with van der Waals surface area (Å²) < 4.78 is 1.44. The number of nitrogens with zero attached hydrogens (tertiary/aromatic N) is 6. The van der Waals surface area contributed by atoms with E-state index in [-0.39, 0.29) is 5.95 Å². The average molecular weight is 262 g/mol. The van der Waals surface area contributed by atoms with Crippen molar-refractivity contribution in [3.63, 3.8) is 0 Å². The Hall–Kier alpha value is -2.25. The maximum atomic E-state index is 5.67. The van der Waals surface area contributed by atoms with Crippen LogP contribution in [0.2, 0.25) is 0 Å². The topological polar surface area (TPSA) is 107 Å². The van der Waals surface area contributed by atoms with Crippen molar-refractivity contribution in [2.75, 3.05) is 17.6 Å². The highest BCUT2D eigenvalue weighted by atomic mass is 15.4. The predicted octanol–water partition coefficient (Wildman–Crippen LogP) is 0.738. The van der Waals surface area contributed by atoms with Crippen molar-refractivity contribution in [2.45, 2.75) is 20.8 Å². The molecule has 0 saturated carbocycles. The monoisotopic (exact) mass is 262 g/mol.